The summed E-state index contributed by atoms with van der Waals surface area (Å²) in [6.07, 6.45) is -2.91. The Bertz CT molecular complexity index is 2010. The van der Waals surface area contributed by atoms with Gasteiger partial charge in [0.2, 0.25) is 5.95 Å². The van der Waals surface area contributed by atoms with Crippen LogP contribution in [0.4, 0.5) is 17.6 Å². The Morgan fingerprint density at radius 1 is 1.12 bits per heavy atom. The summed E-state index contributed by atoms with van der Waals surface area (Å²) in [7, 11) is 1.85. The van der Waals surface area contributed by atoms with Gasteiger partial charge in [0, 0.05) is 28.7 Å². The van der Waals surface area contributed by atoms with Crippen LogP contribution in [-0.2, 0) is 26.2 Å². The standard InChI is InChI=1S/C29H24BrF4N7O2/c1-14-9-19-23(12-39(14)26(42)17-5-7-21(30)20(10-17)29(32,33)34)36-28(41-16(3)25(31)15(2)37-41)40(27(19)43)18-6-8-24-22(11-18)35-13-38(24)4/h5-8,10-11,13-14H,9,12H2,1-4H3. The summed E-state index contributed by atoms with van der Waals surface area (Å²) < 4.78 is 59.7. The molecule has 2 aromatic carbocycles. The van der Waals surface area contributed by atoms with Crippen LogP contribution in [0.5, 0.6) is 0 Å². The number of halogens is 5. The topological polar surface area (TPSA) is 90.8 Å². The van der Waals surface area contributed by atoms with E-state index in [0.717, 1.165) is 11.6 Å². The molecular formula is C29H24BrF4N7O2. The van der Waals surface area contributed by atoms with Crippen LogP contribution in [0.2, 0.25) is 0 Å². The molecule has 3 aromatic heterocycles. The molecule has 14 heteroatoms. The third kappa shape index (κ3) is 4.73. The van der Waals surface area contributed by atoms with Crippen LogP contribution >= 0.6 is 15.9 Å². The Labute approximate surface area is 250 Å². The number of hydrogen-bond acceptors (Lipinski definition) is 5. The molecule has 0 saturated heterocycles. The van der Waals surface area contributed by atoms with Crippen molar-refractivity contribution in [1.29, 1.82) is 0 Å². The number of fused-ring (bicyclic) bond motifs is 2. The fraction of sp³-hybridized carbons (Fsp3) is 0.276. The minimum Gasteiger partial charge on any atom is -0.334 e. The number of carbonyl (C=O) groups is 1. The van der Waals surface area contributed by atoms with Crippen LogP contribution < -0.4 is 5.56 Å². The highest BCUT2D eigenvalue weighted by molar-refractivity contribution is 9.10. The molecule has 1 amide bonds. The van der Waals surface area contributed by atoms with Gasteiger partial charge in [0.1, 0.15) is 0 Å². The Morgan fingerprint density at radius 3 is 2.53 bits per heavy atom. The molecule has 1 aliphatic rings. The minimum absolute atomic E-state index is 0.00785. The number of alkyl halides is 3. The zero-order chi connectivity index (χ0) is 31.0. The Balaban J connectivity index is 1.50. The van der Waals surface area contributed by atoms with Gasteiger partial charge in [-0.2, -0.15) is 18.3 Å². The number of amides is 1. The maximum absolute atomic E-state index is 14.8. The van der Waals surface area contributed by atoms with Crippen molar-refractivity contribution in [3.8, 4) is 11.6 Å². The minimum atomic E-state index is -4.66. The lowest BCUT2D eigenvalue weighted by Gasteiger charge is -2.34. The number of aromatic nitrogens is 6. The summed E-state index contributed by atoms with van der Waals surface area (Å²) in [4.78, 5) is 38.2. The second kappa shape index (κ2) is 10.1. The molecule has 9 nitrogen and oxygen atoms in total. The number of benzene rings is 2. The van der Waals surface area contributed by atoms with Crippen molar-refractivity contribution < 1.29 is 22.4 Å². The first-order valence-electron chi connectivity index (χ1n) is 13.2. The largest absolute Gasteiger partial charge is 0.417 e. The van der Waals surface area contributed by atoms with Gasteiger partial charge in [-0.3, -0.25) is 9.59 Å². The molecule has 0 spiro atoms. The van der Waals surface area contributed by atoms with Crippen LogP contribution in [0.1, 0.15) is 45.5 Å². The van der Waals surface area contributed by atoms with E-state index in [1.54, 1.807) is 25.4 Å². The lowest BCUT2D eigenvalue weighted by molar-refractivity contribution is -0.138. The van der Waals surface area contributed by atoms with Gasteiger partial charge in [-0.15, -0.1) is 0 Å². The summed E-state index contributed by atoms with van der Waals surface area (Å²) in [5.41, 5.74) is 1.20. The van der Waals surface area contributed by atoms with Crippen molar-refractivity contribution in [2.24, 2.45) is 7.05 Å². The maximum atomic E-state index is 14.8. The predicted octanol–water partition coefficient (Wildman–Crippen LogP) is 5.43. The van der Waals surface area contributed by atoms with Crippen molar-refractivity contribution >= 4 is 32.9 Å². The molecule has 1 atom stereocenters. The highest BCUT2D eigenvalue weighted by atomic mass is 79.9. The van der Waals surface area contributed by atoms with Crippen molar-refractivity contribution in [3.05, 3.63) is 97.1 Å². The van der Waals surface area contributed by atoms with E-state index in [-0.39, 0.29) is 46.0 Å². The third-order valence-corrected chi connectivity index (χ3v) is 8.43. The molecule has 1 unspecified atom stereocenters. The summed E-state index contributed by atoms with van der Waals surface area (Å²) in [5, 5.41) is 4.29. The zero-order valence-electron chi connectivity index (χ0n) is 23.4. The van der Waals surface area contributed by atoms with E-state index in [1.165, 1.54) is 40.1 Å². The molecular weight excluding hydrogens is 634 g/mol. The van der Waals surface area contributed by atoms with Crippen LogP contribution in [0.15, 0.2) is 52.0 Å². The van der Waals surface area contributed by atoms with Crippen LogP contribution in [0.25, 0.3) is 22.7 Å². The van der Waals surface area contributed by atoms with Crippen molar-refractivity contribution in [2.75, 3.05) is 0 Å². The molecule has 222 valence electrons. The molecule has 1 aliphatic heterocycles. The van der Waals surface area contributed by atoms with Crippen LogP contribution in [0, 0.1) is 19.7 Å². The van der Waals surface area contributed by atoms with Gasteiger partial charge in [0.05, 0.1) is 52.2 Å². The van der Waals surface area contributed by atoms with E-state index in [0.29, 0.717) is 16.8 Å². The van der Waals surface area contributed by atoms with Gasteiger partial charge in [0.25, 0.3) is 11.5 Å². The first-order chi connectivity index (χ1) is 20.3. The van der Waals surface area contributed by atoms with E-state index in [4.69, 9.17) is 4.98 Å². The summed E-state index contributed by atoms with van der Waals surface area (Å²) in [6, 6.07) is 8.04. The number of aryl methyl sites for hydroxylation is 2. The number of carbonyl (C=O) groups excluding carboxylic acids is 1. The van der Waals surface area contributed by atoms with Crippen LogP contribution in [0.3, 0.4) is 0 Å². The van der Waals surface area contributed by atoms with Crippen LogP contribution in [-0.4, -0.2) is 45.7 Å². The second-order valence-corrected chi connectivity index (χ2v) is 11.4. The van der Waals surface area contributed by atoms with E-state index in [2.05, 4.69) is 26.0 Å². The van der Waals surface area contributed by atoms with E-state index in [9.17, 15) is 27.2 Å². The van der Waals surface area contributed by atoms with Crippen molar-refractivity contribution in [3.63, 3.8) is 0 Å². The van der Waals surface area contributed by atoms with Gasteiger partial charge in [-0.1, -0.05) is 15.9 Å². The molecule has 0 fully saturated rings. The molecule has 0 bridgehead atoms. The molecule has 5 aromatic rings. The average molecular weight is 658 g/mol. The average Bonchev–Trinajstić information content (AvgIpc) is 3.45. The monoisotopic (exact) mass is 657 g/mol. The van der Waals surface area contributed by atoms with E-state index >= 15 is 0 Å². The fourth-order valence-electron chi connectivity index (χ4n) is 5.42. The smallest absolute Gasteiger partial charge is 0.334 e. The van der Waals surface area contributed by atoms with Gasteiger partial charge in [0.15, 0.2) is 5.82 Å². The van der Waals surface area contributed by atoms with Gasteiger partial charge in [-0.25, -0.2) is 23.6 Å². The Morgan fingerprint density at radius 2 is 1.86 bits per heavy atom. The summed E-state index contributed by atoms with van der Waals surface area (Å²) in [6.45, 7) is 4.58. The molecule has 4 heterocycles. The van der Waals surface area contributed by atoms with E-state index < -0.39 is 35.1 Å². The highest BCUT2D eigenvalue weighted by Crippen LogP contribution is 2.36. The molecule has 0 radical (unpaired) electrons. The zero-order valence-corrected chi connectivity index (χ0v) is 25.0. The first kappa shape index (κ1) is 28.8. The number of hydrogen-bond donors (Lipinski definition) is 0. The van der Waals surface area contributed by atoms with Gasteiger partial charge in [-0.05, 0) is 63.6 Å². The third-order valence-electron chi connectivity index (χ3n) is 7.74. The molecule has 0 N–H and O–H groups in total. The molecule has 0 aliphatic carbocycles. The Kier molecular flexibility index (Phi) is 6.79. The van der Waals surface area contributed by atoms with Crippen molar-refractivity contribution in [1.82, 2.24) is 33.8 Å². The number of imidazole rings is 1. The number of nitrogens with zero attached hydrogens (tertiary/aromatic N) is 7. The SMILES string of the molecule is Cc1nn(-c2nc3c(c(=O)n2-c2ccc4c(c2)ncn4C)CC(C)N(C(=O)c2ccc(Br)c(C(F)(F)F)c2)C3)c(C)c1F. The molecule has 43 heavy (non-hydrogen) atoms. The predicted molar refractivity (Wildman–Crippen MR) is 153 cm³/mol. The van der Waals surface area contributed by atoms with Crippen molar-refractivity contribution in [2.45, 2.75) is 46.0 Å². The van der Waals surface area contributed by atoms with Gasteiger partial charge < -0.3 is 9.47 Å². The summed E-state index contributed by atoms with van der Waals surface area (Å²) >= 11 is 2.90. The van der Waals surface area contributed by atoms with Gasteiger partial charge >= 0.3 is 6.18 Å². The number of rotatable bonds is 3. The normalized spacial score (nSPS) is 15.3. The van der Waals surface area contributed by atoms with E-state index in [1.807, 2.05) is 17.7 Å². The highest BCUT2D eigenvalue weighted by Gasteiger charge is 2.36. The lowest BCUT2D eigenvalue weighted by atomic mass is 9.98. The fourth-order valence-corrected chi connectivity index (χ4v) is 5.89. The summed E-state index contributed by atoms with van der Waals surface area (Å²) in [5.74, 6) is -1.19. The Hall–Kier alpha value is -4.33. The quantitative estimate of drug-likeness (QED) is 0.242. The maximum Gasteiger partial charge on any atom is 0.417 e. The second-order valence-electron chi connectivity index (χ2n) is 10.6. The molecule has 6 rings (SSSR count). The lowest BCUT2D eigenvalue weighted by Crippen LogP contribution is -2.46. The first-order valence-corrected chi connectivity index (χ1v) is 14.0. The molecule has 0 saturated carbocycles.